The molecule has 0 bridgehead atoms. The molecule has 0 saturated heterocycles. The van der Waals surface area contributed by atoms with Crippen molar-refractivity contribution in [2.45, 2.75) is 0 Å². The van der Waals surface area contributed by atoms with E-state index in [-0.39, 0.29) is 20.1 Å². The summed E-state index contributed by atoms with van der Waals surface area (Å²) in [6.07, 6.45) is 3.58. The van der Waals surface area contributed by atoms with Crippen molar-refractivity contribution >= 4 is 43.4 Å². The van der Waals surface area contributed by atoms with Crippen molar-refractivity contribution in [3.63, 3.8) is 0 Å². The van der Waals surface area contributed by atoms with E-state index in [0.29, 0.717) is 0 Å². The van der Waals surface area contributed by atoms with Gasteiger partial charge in [-0.25, -0.2) is 0 Å². The standard InChI is InChI=1S/C19H10NOS.C11H8N.Ir/c1-2-10-20-16(6-1)15-5-3-4-13-14-8-7-12-9-11-22-19(12)18(14)21-17(13)15;1-2-6-10(7-3-1)11-8-4-5-9-12-11;/h1-4,6-11H;1-6,8-9H;/q2*-1;. The topological polar surface area (TPSA) is 38.9 Å². The zero-order valence-electron chi connectivity index (χ0n) is 18.4. The molecule has 0 spiro atoms. The Morgan fingerprint density at radius 2 is 1.43 bits per heavy atom. The van der Waals surface area contributed by atoms with Crippen molar-refractivity contribution in [2.24, 2.45) is 0 Å². The average Bonchev–Trinajstić information content (AvgIpc) is 3.55. The average molecular weight is 647 g/mol. The molecule has 0 amide bonds. The van der Waals surface area contributed by atoms with Gasteiger partial charge in [-0.15, -0.1) is 65.4 Å². The number of rotatable bonds is 2. The second kappa shape index (κ2) is 10.3. The molecular weight excluding hydrogens is 629 g/mol. The summed E-state index contributed by atoms with van der Waals surface area (Å²) in [5.41, 5.74) is 5.63. The molecule has 0 aliphatic rings. The van der Waals surface area contributed by atoms with Crippen molar-refractivity contribution in [1.82, 2.24) is 9.97 Å². The van der Waals surface area contributed by atoms with E-state index in [1.807, 2.05) is 66.7 Å². The predicted octanol–water partition coefficient (Wildman–Crippen LogP) is 8.21. The summed E-state index contributed by atoms with van der Waals surface area (Å²) in [7, 11) is 0. The van der Waals surface area contributed by atoms with Crippen molar-refractivity contribution in [1.29, 1.82) is 0 Å². The number of furan rings is 1. The Bertz CT molecular complexity index is 1660. The Kier molecular flexibility index (Phi) is 6.82. The maximum Gasteiger partial charge on any atom is 0.138 e. The molecule has 7 aromatic rings. The molecule has 0 fully saturated rings. The monoisotopic (exact) mass is 647 g/mol. The molecule has 171 valence electrons. The van der Waals surface area contributed by atoms with Crippen LogP contribution < -0.4 is 0 Å². The van der Waals surface area contributed by atoms with Gasteiger partial charge in [0.15, 0.2) is 0 Å². The van der Waals surface area contributed by atoms with Gasteiger partial charge < -0.3 is 14.4 Å². The number of benzene rings is 3. The van der Waals surface area contributed by atoms with E-state index < -0.39 is 0 Å². The molecule has 3 nitrogen and oxygen atoms in total. The fraction of sp³-hybridized carbons (Fsp3) is 0. The van der Waals surface area contributed by atoms with Crippen LogP contribution in [0.15, 0.2) is 113 Å². The van der Waals surface area contributed by atoms with Crippen LogP contribution in [0.5, 0.6) is 0 Å². The Morgan fingerprint density at radius 3 is 2.17 bits per heavy atom. The van der Waals surface area contributed by atoms with Gasteiger partial charge in [-0.1, -0.05) is 47.3 Å². The third-order valence-electron chi connectivity index (χ3n) is 5.59. The molecule has 0 atom stereocenters. The summed E-state index contributed by atoms with van der Waals surface area (Å²) in [5, 5.41) is 5.59. The second-order valence-corrected chi connectivity index (χ2v) is 8.60. The van der Waals surface area contributed by atoms with Gasteiger partial charge in [-0.2, -0.15) is 0 Å². The molecule has 1 radical (unpaired) electrons. The molecule has 35 heavy (non-hydrogen) atoms. The molecule has 3 aromatic carbocycles. The fourth-order valence-corrected chi connectivity index (χ4v) is 4.88. The van der Waals surface area contributed by atoms with Crippen LogP contribution in [0.1, 0.15) is 0 Å². The minimum Gasteiger partial charge on any atom is -0.499 e. The number of hydrogen-bond donors (Lipinski definition) is 0. The van der Waals surface area contributed by atoms with Crippen LogP contribution in [-0.2, 0) is 20.1 Å². The Hall–Kier alpha value is -3.63. The van der Waals surface area contributed by atoms with E-state index in [9.17, 15) is 0 Å². The predicted molar refractivity (Wildman–Crippen MR) is 140 cm³/mol. The van der Waals surface area contributed by atoms with Crippen molar-refractivity contribution < 1.29 is 24.5 Å². The Balaban J connectivity index is 0.000000167. The second-order valence-electron chi connectivity index (χ2n) is 7.68. The smallest absolute Gasteiger partial charge is 0.138 e. The molecule has 5 heteroatoms. The van der Waals surface area contributed by atoms with Crippen molar-refractivity contribution in [2.75, 3.05) is 0 Å². The SMILES string of the molecule is [Ir].[c-]1ccc2c(oc3c2ccc2ccsc23)c1-c1ccccn1.[c-]1ccccc1-c1ccccn1. The molecule has 7 rings (SSSR count). The molecule has 0 N–H and O–H groups in total. The first kappa shape index (κ1) is 23.1. The van der Waals surface area contributed by atoms with Gasteiger partial charge in [0.2, 0.25) is 0 Å². The molecule has 0 unspecified atom stereocenters. The van der Waals surface area contributed by atoms with E-state index >= 15 is 0 Å². The molecular formula is C30H18IrN2OS-2. The Morgan fingerprint density at radius 1 is 0.657 bits per heavy atom. The normalized spacial score (nSPS) is 10.6. The van der Waals surface area contributed by atoms with Gasteiger partial charge in [0.25, 0.3) is 0 Å². The number of aromatic nitrogens is 2. The largest absolute Gasteiger partial charge is 0.499 e. The minimum absolute atomic E-state index is 0. The summed E-state index contributed by atoms with van der Waals surface area (Å²) in [5.74, 6) is 0. The van der Waals surface area contributed by atoms with E-state index in [4.69, 9.17) is 4.42 Å². The summed E-state index contributed by atoms with van der Waals surface area (Å²) in [6, 6.07) is 36.4. The van der Waals surface area contributed by atoms with Crippen LogP contribution in [0.3, 0.4) is 0 Å². The van der Waals surface area contributed by atoms with Crippen molar-refractivity contribution in [3.05, 3.63) is 121 Å². The van der Waals surface area contributed by atoms with Gasteiger partial charge >= 0.3 is 0 Å². The van der Waals surface area contributed by atoms with Gasteiger partial charge in [0.1, 0.15) is 5.58 Å². The molecule has 4 heterocycles. The summed E-state index contributed by atoms with van der Waals surface area (Å²) < 4.78 is 7.44. The van der Waals surface area contributed by atoms with Crippen molar-refractivity contribution in [3.8, 4) is 22.5 Å². The van der Waals surface area contributed by atoms with Crippen LogP contribution in [-0.4, -0.2) is 9.97 Å². The first-order valence-corrected chi connectivity index (χ1v) is 11.8. The molecule has 0 saturated carbocycles. The summed E-state index contributed by atoms with van der Waals surface area (Å²) in [4.78, 5) is 8.65. The molecule has 4 aromatic heterocycles. The zero-order valence-corrected chi connectivity index (χ0v) is 21.6. The quantitative estimate of drug-likeness (QED) is 0.178. The van der Waals surface area contributed by atoms with Crippen LogP contribution in [0.4, 0.5) is 0 Å². The van der Waals surface area contributed by atoms with Gasteiger partial charge in [-0.05, 0) is 40.4 Å². The van der Waals surface area contributed by atoms with E-state index in [1.54, 1.807) is 23.7 Å². The first-order chi connectivity index (χ1) is 16.9. The third kappa shape index (κ3) is 4.54. The number of nitrogens with zero attached hydrogens (tertiary/aromatic N) is 2. The van der Waals surface area contributed by atoms with Gasteiger partial charge in [0.05, 0.1) is 10.3 Å². The number of pyridine rings is 2. The maximum absolute atomic E-state index is 6.25. The first-order valence-electron chi connectivity index (χ1n) is 10.9. The molecule has 0 aliphatic carbocycles. The molecule has 0 aliphatic heterocycles. The third-order valence-corrected chi connectivity index (χ3v) is 6.52. The van der Waals surface area contributed by atoms with E-state index in [2.05, 4.69) is 51.7 Å². The minimum atomic E-state index is 0. The zero-order chi connectivity index (χ0) is 22.7. The maximum atomic E-state index is 6.25. The number of hydrogen-bond acceptors (Lipinski definition) is 4. The van der Waals surface area contributed by atoms with Crippen LogP contribution in [0, 0.1) is 12.1 Å². The van der Waals surface area contributed by atoms with Gasteiger partial charge in [0, 0.05) is 37.9 Å². The summed E-state index contributed by atoms with van der Waals surface area (Å²) in [6.45, 7) is 0. The van der Waals surface area contributed by atoms with E-state index in [0.717, 1.165) is 44.5 Å². The van der Waals surface area contributed by atoms with Gasteiger partial charge in [-0.3, -0.25) is 0 Å². The number of fused-ring (bicyclic) bond motifs is 5. The Labute approximate surface area is 220 Å². The number of thiophene rings is 1. The van der Waals surface area contributed by atoms with Crippen LogP contribution in [0.25, 0.3) is 54.5 Å². The fourth-order valence-electron chi connectivity index (χ4n) is 4.00. The van der Waals surface area contributed by atoms with Crippen LogP contribution in [0.2, 0.25) is 0 Å². The summed E-state index contributed by atoms with van der Waals surface area (Å²) >= 11 is 1.71. The van der Waals surface area contributed by atoms with Crippen LogP contribution >= 0.6 is 11.3 Å². The van der Waals surface area contributed by atoms with E-state index in [1.165, 1.54) is 10.1 Å².